The smallest absolute Gasteiger partial charge is 0.303 e. The zero-order valence-electron chi connectivity index (χ0n) is 8.91. The topological polar surface area (TPSA) is 52.6 Å². The Morgan fingerprint density at radius 3 is 2.29 bits per heavy atom. The monoisotopic (exact) mass is 220 g/mol. The minimum Gasteiger partial charge on any atom is -0.303 e. The van der Waals surface area contributed by atoms with Crippen LogP contribution in [0.5, 0.6) is 0 Å². The van der Waals surface area contributed by atoms with Crippen LogP contribution in [-0.2, 0) is 18.4 Å². The minimum atomic E-state index is -3.43. The summed E-state index contributed by atoms with van der Waals surface area (Å²) in [5.74, 6) is 0. The van der Waals surface area contributed by atoms with Crippen LogP contribution in [0.1, 0.15) is 33.6 Å². The van der Waals surface area contributed by atoms with Crippen LogP contribution in [-0.4, -0.2) is 18.7 Å². The summed E-state index contributed by atoms with van der Waals surface area (Å²) in [5, 5.41) is 0. The lowest BCUT2D eigenvalue weighted by Crippen LogP contribution is -2.33. The maximum Gasteiger partial charge on any atom is 0.396 e. The zero-order valence-corrected chi connectivity index (χ0v) is 9.80. The SMILES string of the molecule is CCCC1(C)COP(=O)(C(C)=O)OC1. The first kappa shape index (κ1) is 11.9. The van der Waals surface area contributed by atoms with Crippen LogP contribution in [0.3, 0.4) is 0 Å². The Bertz CT molecular complexity index is 262. The van der Waals surface area contributed by atoms with Crippen LogP contribution in [0.25, 0.3) is 0 Å². The van der Waals surface area contributed by atoms with Gasteiger partial charge in [0.05, 0.1) is 13.2 Å². The second-order valence-corrected chi connectivity index (χ2v) is 6.27. The van der Waals surface area contributed by atoms with Gasteiger partial charge in [-0.15, -0.1) is 0 Å². The average Bonchev–Trinajstić information content (AvgIpc) is 2.11. The van der Waals surface area contributed by atoms with E-state index in [4.69, 9.17) is 9.05 Å². The maximum absolute atomic E-state index is 11.6. The number of carbonyl (C=O) groups is 1. The van der Waals surface area contributed by atoms with Crippen molar-refractivity contribution >= 4 is 13.1 Å². The molecule has 0 radical (unpaired) electrons. The second kappa shape index (κ2) is 4.13. The molecule has 1 fully saturated rings. The molecule has 0 unspecified atom stereocenters. The summed E-state index contributed by atoms with van der Waals surface area (Å²) in [5.41, 5.74) is -0.603. The van der Waals surface area contributed by atoms with Crippen molar-refractivity contribution in [3.63, 3.8) is 0 Å². The highest BCUT2D eigenvalue weighted by atomic mass is 31.2. The van der Waals surface area contributed by atoms with Gasteiger partial charge < -0.3 is 9.05 Å². The van der Waals surface area contributed by atoms with Crippen molar-refractivity contribution in [3.8, 4) is 0 Å². The Morgan fingerprint density at radius 2 is 1.93 bits per heavy atom. The van der Waals surface area contributed by atoms with Crippen LogP contribution in [0.2, 0.25) is 0 Å². The first-order valence-electron chi connectivity index (χ1n) is 4.82. The van der Waals surface area contributed by atoms with Gasteiger partial charge >= 0.3 is 7.60 Å². The molecule has 82 valence electrons. The van der Waals surface area contributed by atoms with E-state index in [-0.39, 0.29) is 5.41 Å². The molecule has 5 heteroatoms. The molecule has 0 saturated carbocycles. The van der Waals surface area contributed by atoms with Gasteiger partial charge in [0.2, 0.25) is 5.52 Å². The number of hydrogen-bond donors (Lipinski definition) is 0. The van der Waals surface area contributed by atoms with E-state index < -0.39 is 13.1 Å². The molecule has 1 heterocycles. The van der Waals surface area contributed by atoms with Gasteiger partial charge in [-0.2, -0.15) is 0 Å². The first-order valence-corrected chi connectivity index (χ1v) is 6.36. The largest absolute Gasteiger partial charge is 0.396 e. The van der Waals surface area contributed by atoms with Gasteiger partial charge in [0, 0.05) is 12.3 Å². The van der Waals surface area contributed by atoms with E-state index in [0.29, 0.717) is 13.2 Å². The Labute approximate surface area is 84.5 Å². The first-order chi connectivity index (χ1) is 6.42. The van der Waals surface area contributed by atoms with Gasteiger partial charge in [0.15, 0.2) is 0 Å². The van der Waals surface area contributed by atoms with Crippen LogP contribution in [0, 0.1) is 5.41 Å². The van der Waals surface area contributed by atoms with Crippen molar-refractivity contribution in [2.45, 2.75) is 33.6 Å². The van der Waals surface area contributed by atoms with E-state index >= 15 is 0 Å². The van der Waals surface area contributed by atoms with Crippen LogP contribution in [0.15, 0.2) is 0 Å². The summed E-state index contributed by atoms with van der Waals surface area (Å²) in [6, 6.07) is 0. The number of hydrogen-bond acceptors (Lipinski definition) is 4. The van der Waals surface area contributed by atoms with E-state index in [1.54, 1.807) is 0 Å². The lowest BCUT2D eigenvalue weighted by molar-refractivity contribution is -0.113. The predicted molar refractivity (Wildman–Crippen MR) is 53.2 cm³/mol. The Morgan fingerprint density at radius 1 is 1.43 bits per heavy atom. The van der Waals surface area contributed by atoms with Crippen molar-refractivity contribution in [1.29, 1.82) is 0 Å². The normalized spacial score (nSPS) is 38.2. The van der Waals surface area contributed by atoms with Gasteiger partial charge in [0.25, 0.3) is 0 Å². The van der Waals surface area contributed by atoms with E-state index in [9.17, 15) is 9.36 Å². The van der Waals surface area contributed by atoms with Gasteiger partial charge in [0.1, 0.15) is 0 Å². The van der Waals surface area contributed by atoms with E-state index in [2.05, 4.69) is 6.92 Å². The summed E-state index contributed by atoms with van der Waals surface area (Å²) in [6.45, 7) is 6.02. The standard InChI is InChI=1S/C9H17O4P/c1-4-5-9(3)6-12-14(11,8(2)10)13-7-9/h4-7H2,1-3H3. The van der Waals surface area contributed by atoms with E-state index in [0.717, 1.165) is 12.8 Å². The van der Waals surface area contributed by atoms with Crippen molar-refractivity contribution in [3.05, 3.63) is 0 Å². The molecular weight excluding hydrogens is 203 g/mol. The third-order valence-electron chi connectivity index (χ3n) is 2.41. The fourth-order valence-corrected chi connectivity index (χ4v) is 2.89. The fraction of sp³-hybridized carbons (Fsp3) is 0.889. The summed E-state index contributed by atoms with van der Waals surface area (Å²) in [4.78, 5) is 11.0. The summed E-state index contributed by atoms with van der Waals surface area (Å²) < 4.78 is 21.8. The third kappa shape index (κ3) is 2.44. The molecule has 0 aromatic heterocycles. The molecule has 1 aliphatic rings. The highest BCUT2D eigenvalue weighted by Gasteiger charge is 2.41. The Balaban J connectivity index is 2.62. The lowest BCUT2D eigenvalue weighted by Gasteiger charge is -2.35. The summed E-state index contributed by atoms with van der Waals surface area (Å²) >= 11 is 0. The van der Waals surface area contributed by atoms with Crippen molar-refractivity contribution in [2.24, 2.45) is 5.41 Å². The predicted octanol–water partition coefficient (Wildman–Crippen LogP) is 2.58. The molecule has 0 atom stereocenters. The molecule has 0 N–H and O–H groups in total. The zero-order chi connectivity index (χ0) is 10.8. The minimum absolute atomic E-state index is 0.0991. The van der Waals surface area contributed by atoms with Crippen molar-refractivity contribution in [1.82, 2.24) is 0 Å². The van der Waals surface area contributed by atoms with Crippen LogP contribution in [0.4, 0.5) is 0 Å². The van der Waals surface area contributed by atoms with Gasteiger partial charge in [-0.05, 0) is 6.42 Å². The highest BCUT2D eigenvalue weighted by molar-refractivity contribution is 7.71. The molecule has 4 nitrogen and oxygen atoms in total. The third-order valence-corrected chi connectivity index (χ3v) is 4.11. The molecule has 1 saturated heterocycles. The average molecular weight is 220 g/mol. The molecule has 0 spiro atoms. The number of carbonyl (C=O) groups excluding carboxylic acids is 1. The van der Waals surface area contributed by atoms with Crippen molar-refractivity contribution in [2.75, 3.05) is 13.2 Å². The van der Waals surface area contributed by atoms with Gasteiger partial charge in [-0.25, -0.2) is 0 Å². The number of rotatable bonds is 3. The molecule has 1 aliphatic heterocycles. The molecule has 0 aromatic carbocycles. The van der Waals surface area contributed by atoms with Crippen molar-refractivity contribution < 1.29 is 18.4 Å². The van der Waals surface area contributed by atoms with Gasteiger partial charge in [-0.3, -0.25) is 9.36 Å². The summed E-state index contributed by atoms with van der Waals surface area (Å²) in [7, 11) is -3.43. The van der Waals surface area contributed by atoms with E-state index in [1.165, 1.54) is 6.92 Å². The van der Waals surface area contributed by atoms with E-state index in [1.807, 2.05) is 6.92 Å². The molecule has 14 heavy (non-hydrogen) atoms. The lowest BCUT2D eigenvalue weighted by atomic mass is 9.88. The molecule has 0 bridgehead atoms. The van der Waals surface area contributed by atoms with Gasteiger partial charge in [-0.1, -0.05) is 20.3 Å². The van der Waals surface area contributed by atoms with Crippen LogP contribution < -0.4 is 0 Å². The second-order valence-electron chi connectivity index (χ2n) is 4.12. The fourth-order valence-electron chi connectivity index (χ4n) is 1.49. The molecule has 1 rings (SSSR count). The Hall–Kier alpha value is -0.180. The quantitative estimate of drug-likeness (QED) is 0.686. The summed E-state index contributed by atoms with van der Waals surface area (Å²) in [6.07, 6.45) is 1.97. The molecular formula is C9H17O4P. The molecule has 0 aliphatic carbocycles. The van der Waals surface area contributed by atoms with Crippen LogP contribution >= 0.6 is 7.60 Å². The Kier molecular flexibility index (Phi) is 3.51. The maximum atomic E-state index is 11.6. The molecule has 0 aromatic rings. The molecule has 0 amide bonds. The highest BCUT2D eigenvalue weighted by Crippen LogP contribution is 2.54.